The quantitative estimate of drug-likeness (QED) is 0.214. The van der Waals surface area contributed by atoms with E-state index >= 15 is 0 Å². The second-order valence-corrected chi connectivity index (χ2v) is 14.5. The van der Waals surface area contributed by atoms with E-state index in [-0.39, 0.29) is 0 Å². The summed E-state index contributed by atoms with van der Waals surface area (Å²) >= 11 is 0.725. The van der Waals surface area contributed by atoms with Gasteiger partial charge in [0.1, 0.15) is 0 Å². The molecule has 5 rings (SSSR count). The third kappa shape index (κ3) is 4.24. The van der Waals surface area contributed by atoms with Crippen LogP contribution in [-0.2, 0) is 0 Å². The van der Waals surface area contributed by atoms with E-state index < -0.39 is 8.07 Å². The molecule has 33 heavy (non-hydrogen) atoms. The summed E-state index contributed by atoms with van der Waals surface area (Å²) in [6.45, 7) is 2.16. The predicted molar refractivity (Wildman–Crippen MR) is 146 cm³/mol. The van der Waals surface area contributed by atoms with Crippen LogP contribution in [0.15, 0.2) is 127 Å². The first-order chi connectivity index (χ1) is 16.2. The summed E-state index contributed by atoms with van der Waals surface area (Å²) in [4.78, 5) is 4.94. The van der Waals surface area contributed by atoms with Crippen LogP contribution in [0.3, 0.4) is 0 Å². The van der Waals surface area contributed by atoms with Crippen molar-refractivity contribution in [3.05, 3.63) is 133 Å². The average molecular weight is 638 g/mol. The Morgan fingerprint density at radius 3 is 1.52 bits per heavy atom. The van der Waals surface area contributed by atoms with Crippen molar-refractivity contribution in [2.45, 2.75) is 6.92 Å². The zero-order chi connectivity index (χ0) is 22.7. The monoisotopic (exact) mass is 637 g/mol. The number of hydrogen-bond acceptors (Lipinski definition) is 1. The summed E-state index contributed by atoms with van der Waals surface area (Å²) in [5.41, 5.74) is 3.55. The van der Waals surface area contributed by atoms with Gasteiger partial charge in [-0.15, -0.1) is 0 Å². The molecule has 0 fully saturated rings. The van der Waals surface area contributed by atoms with Crippen molar-refractivity contribution in [2.75, 3.05) is 0 Å². The molecule has 1 nitrogen and oxygen atoms in total. The summed E-state index contributed by atoms with van der Waals surface area (Å²) in [5, 5.41) is 5.55. The molecular formula is C30H26BiNSi. The molecule has 0 unspecified atom stereocenters. The molecule has 0 atom stereocenters. The molecule has 0 aliphatic carbocycles. The van der Waals surface area contributed by atoms with Crippen molar-refractivity contribution in [3.8, 4) is 11.3 Å². The van der Waals surface area contributed by atoms with Crippen LogP contribution in [0, 0.1) is 6.92 Å². The Balaban J connectivity index is 1.84. The van der Waals surface area contributed by atoms with Crippen molar-refractivity contribution < 1.29 is 0 Å². The molecule has 0 spiro atoms. The van der Waals surface area contributed by atoms with E-state index in [1.165, 1.54) is 35.3 Å². The Kier molecular flexibility index (Phi) is 6.35. The van der Waals surface area contributed by atoms with E-state index in [1.54, 1.807) is 0 Å². The van der Waals surface area contributed by atoms with Crippen LogP contribution in [0.1, 0.15) is 5.56 Å². The minimum atomic E-state index is -2.51. The first-order valence-corrected chi connectivity index (χ1v) is 15.4. The average Bonchev–Trinajstić information content (AvgIpc) is 2.86. The van der Waals surface area contributed by atoms with Crippen LogP contribution < -0.4 is 24.1 Å². The normalized spacial score (nSPS) is 11.3. The van der Waals surface area contributed by atoms with E-state index in [4.69, 9.17) is 4.98 Å². The predicted octanol–water partition coefficient (Wildman–Crippen LogP) is 2.69. The standard InChI is InChI=1S/C30H24NSi.Bi.2H/c1-24-20-21-31-30(22-24)25-12-11-19-29(23-25)32(26-13-5-2-6-14-26,27-15-7-3-8-16-27)28-17-9-4-10-18-28;;;/h2-20,22-23H,1H3;;;. The summed E-state index contributed by atoms with van der Waals surface area (Å²) in [7, 11) is -2.51. The van der Waals surface area contributed by atoms with Crippen molar-refractivity contribution >= 4 is 56.9 Å². The molecule has 0 aliphatic heterocycles. The summed E-state index contributed by atoms with van der Waals surface area (Å²) in [5.74, 6) is 0. The van der Waals surface area contributed by atoms with Crippen LogP contribution in [0.5, 0.6) is 0 Å². The van der Waals surface area contributed by atoms with E-state index in [0.717, 1.165) is 30.4 Å². The van der Waals surface area contributed by atoms with Gasteiger partial charge in [-0.25, -0.2) is 0 Å². The number of rotatable bonds is 5. The summed E-state index contributed by atoms with van der Waals surface area (Å²) in [6.07, 6.45) is 0. The molecule has 5 aromatic rings. The SMILES string of the molecule is Cc1c[c]([BiH2])nc(-c2cccc([Si](c3ccccc3)(c3ccccc3)c3ccccc3)c2)c1. The van der Waals surface area contributed by atoms with Crippen LogP contribution >= 0.6 is 0 Å². The van der Waals surface area contributed by atoms with Gasteiger partial charge in [0.25, 0.3) is 0 Å². The van der Waals surface area contributed by atoms with Gasteiger partial charge in [0.15, 0.2) is 0 Å². The van der Waals surface area contributed by atoms with Crippen molar-refractivity contribution in [3.63, 3.8) is 0 Å². The number of benzene rings is 4. The Hall–Kier alpha value is -2.87. The molecule has 0 aliphatic rings. The van der Waals surface area contributed by atoms with Crippen molar-refractivity contribution in [1.29, 1.82) is 0 Å². The Morgan fingerprint density at radius 1 is 0.545 bits per heavy atom. The van der Waals surface area contributed by atoms with E-state index in [0.29, 0.717) is 0 Å². The first-order valence-electron chi connectivity index (χ1n) is 11.2. The van der Waals surface area contributed by atoms with Crippen LogP contribution in [0.25, 0.3) is 11.3 Å². The number of aryl methyl sites for hydroxylation is 1. The topological polar surface area (TPSA) is 12.9 Å². The fraction of sp³-hybridized carbons (Fsp3) is 0.0333. The Morgan fingerprint density at radius 2 is 1.03 bits per heavy atom. The van der Waals surface area contributed by atoms with Gasteiger partial charge in [-0.05, 0) is 0 Å². The van der Waals surface area contributed by atoms with E-state index in [1.807, 2.05) is 0 Å². The van der Waals surface area contributed by atoms with Gasteiger partial charge in [-0.2, -0.15) is 0 Å². The fourth-order valence-electron chi connectivity index (χ4n) is 4.82. The second-order valence-electron chi connectivity index (χ2n) is 8.38. The van der Waals surface area contributed by atoms with Gasteiger partial charge >= 0.3 is 213 Å². The second kappa shape index (κ2) is 9.55. The van der Waals surface area contributed by atoms with Crippen LogP contribution in [0.2, 0.25) is 0 Å². The fourth-order valence-corrected chi connectivity index (χ4v) is 11.2. The Bertz CT molecular complexity index is 1250. The molecule has 4 aromatic carbocycles. The molecule has 0 radical (unpaired) electrons. The minimum absolute atomic E-state index is 0.725. The van der Waals surface area contributed by atoms with E-state index in [9.17, 15) is 0 Å². The van der Waals surface area contributed by atoms with Crippen molar-refractivity contribution in [1.82, 2.24) is 4.98 Å². The maximum atomic E-state index is 4.94. The summed E-state index contributed by atoms with van der Waals surface area (Å²) in [6, 6.07) is 46.7. The van der Waals surface area contributed by atoms with Crippen LogP contribution in [-0.4, -0.2) is 37.8 Å². The van der Waals surface area contributed by atoms with Crippen LogP contribution in [0.4, 0.5) is 0 Å². The van der Waals surface area contributed by atoms with Gasteiger partial charge < -0.3 is 0 Å². The zero-order valence-corrected chi connectivity index (χ0v) is 24.1. The molecule has 0 saturated carbocycles. The van der Waals surface area contributed by atoms with Gasteiger partial charge in [0.2, 0.25) is 0 Å². The molecule has 1 heterocycles. The van der Waals surface area contributed by atoms with E-state index in [2.05, 4.69) is 134 Å². The summed E-state index contributed by atoms with van der Waals surface area (Å²) < 4.78 is 1.22. The molecule has 0 N–H and O–H groups in total. The van der Waals surface area contributed by atoms with Gasteiger partial charge in [-0.3, -0.25) is 0 Å². The van der Waals surface area contributed by atoms with Gasteiger partial charge in [0, 0.05) is 0 Å². The number of hydrogen-bond donors (Lipinski definition) is 0. The third-order valence-electron chi connectivity index (χ3n) is 6.20. The molecule has 1 aromatic heterocycles. The molecular weight excluding hydrogens is 611 g/mol. The number of nitrogens with zero attached hydrogens (tertiary/aromatic N) is 1. The number of pyridine rings is 1. The molecule has 0 saturated heterocycles. The maximum absolute atomic E-state index is 4.94. The molecule has 0 amide bonds. The molecule has 3 heteroatoms. The zero-order valence-electron chi connectivity index (χ0n) is 18.6. The first kappa shape index (κ1) is 21.9. The number of aromatic nitrogens is 1. The van der Waals surface area contributed by atoms with Gasteiger partial charge in [0.05, 0.1) is 0 Å². The molecule has 0 bridgehead atoms. The Labute approximate surface area is 212 Å². The van der Waals surface area contributed by atoms with Crippen molar-refractivity contribution in [2.24, 2.45) is 0 Å². The van der Waals surface area contributed by atoms with Gasteiger partial charge in [-0.1, -0.05) is 0 Å². The third-order valence-corrected chi connectivity index (χ3v) is 12.1. The molecule has 160 valence electrons.